The van der Waals surface area contributed by atoms with E-state index in [0.717, 1.165) is 24.3 Å². The summed E-state index contributed by atoms with van der Waals surface area (Å²) in [5.74, 6) is -0.918. The van der Waals surface area contributed by atoms with Crippen LogP contribution >= 0.6 is 0 Å². The predicted octanol–water partition coefficient (Wildman–Crippen LogP) is 0.750. The molecule has 90 valence electrons. The summed E-state index contributed by atoms with van der Waals surface area (Å²) in [6.45, 7) is 1.39. The highest BCUT2D eigenvalue weighted by atomic mass is 16.4. The van der Waals surface area contributed by atoms with Crippen molar-refractivity contribution in [3.8, 4) is 0 Å². The number of carboxylic acids is 1. The molecule has 1 saturated heterocycles. The average molecular weight is 234 g/mol. The van der Waals surface area contributed by atoms with Crippen molar-refractivity contribution in [2.75, 3.05) is 23.3 Å². The number of carbonyl (C=O) groups is 1. The molecule has 2 unspecified atom stereocenters. The fourth-order valence-electron chi connectivity index (χ4n) is 2.67. The van der Waals surface area contributed by atoms with Gasteiger partial charge in [-0.2, -0.15) is 0 Å². The van der Waals surface area contributed by atoms with Gasteiger partial charge in [-0.05, 0) is 24.6 Å². The SMILES string of the molecule is O=C(O)c1ccc2c(c1)NCC1CC(O)CN21. The molecule has 17 heavy (non-hydrogen) atoms. The number of benzene rings is 1. The van der Waals surface area contributed by atoms with Crippen molar-refractivity contribution in [2.45, 2.75) is 18.6 Å². The van der Waals surface area contributed by atoms with Gasteiger partial charge < -0.3 is 20.4 Å². The van der Waals surface area contributed by atoms with E-state index in [1.807, 2.05) is 6.07 Å². The highest BCUT2D eigenvalue weighted by Gasteiger charge is 2.35. The van der Waals surface area contributed by atoms with E-state index in [0.29, 0.717) is 12.6 Å². The zero-order chi connectivity index (χ0) is 12.0. The largest absolute Gasteiger partial charge is 0.478 e. The second-order valence-corrected chi connectivity index (χ2v) is 4.61. The Morgan fingerprint density at radius 3 is 3.06 bits per heavy atom. The normalized spacial score (nSPS) is 26.1. The van der Waals surface area contributed by atoms with E-state index in [1.165, 1.54) is 0 Å². The molecule has 3 rings (SSSR count). The van der Waals surface area contributed by atoms with Crippen molar-refractivity contribution in [1.29, 1.82) is 0 Å². The van der Waals surface area contributed by atoms with Crippen LogP contribution in [0.1, 0.15) is 16.8 Å². The van der Waals surface area contributed by atoms with Gasteiger partial charge >= 0.3 is 5.97 Å². The van der Waals surface area contributed by atoms with E-state index in [2.05, 4.69) is 10.2 Å². The molecular formula is C12H14N2O3. The first-order chi connectivity index (χ1) is 8.15. The average Bonchev–Trinajstić information content (AvgIpc) is 2.69. The maximum atomic E-state index is 10.9. The highest BCUT2D eigenvalue weighted by molar-refractivity contribution is 5.91. The Morgan fingerprint density at radius 1 is 1.47 bits per heavy atom. The Hall–Kier alpha value is -1.75. The van der Waals surface area contributed by atoms with Crippen molar-refractivity contribution in [1.82, 2.24) is 0 Å². The standard InChI is InChI=1S/C12H14N2O3/c15-9-4-8-5-13-10-3-7(12(16)17)1-2-11(10)14(8)6-9/h1-3,8-9,13,15H,4-6H2,(H,16,17). The maximum absolute atomic E-state index is 10.9. The minimum atomic E-state index is -0.918. The molecule has 2 atom stereocenters. The van der Waals surface area contributed by atoms with Gasteiger partial charge in [0.15, 0.2) is 0 Å². The topological polar surface area (TPSA) is 72.8 Å². The molecule has 5 nitrogen and oxygen atoms in total. The summed E-state index contributed by atoms with van der Waals surface area (Å²) in [5, 5.41) is 21.8. The molecule has 0 amide bonds. The minimum absolute atomic E-state index is 0.285. The molecule has 3 N–H and O–H groups in total. The van der Waals surface area contributed by atoms with Crippen LogP contribution in [0.25, 0.3) is 0 Å². The van der Waals surface area contributed by atoms with Crippen molar-refractivity contribution in [2.24, 2.45) is 0 Å². The van der Waals surface area contributed by atoms with Gasteiger partial charge in [0.05, 0.1) is 23.0 Å². The quantitative estimate of drug-likeness (QED) is 0.668. The number of nitrogens with zero attached hydrogens (tertiary/aromatic N) is 1. The lowest BCUT2D eigenvalue weighted by Crippen LogP contribution is -2.39. The molecule has 0 saturated carbocycles. The zero-order valence-electron chi connectivity index (χ0n) is 9.26. The lowest BCUT2D eigenvalue weighted by molar-refractivity contribution is 0.0697. The van der Waals surface area contributed by atoms with Crippen molar-refractivity contribution >= 4 is 17.3 Å². The monoisotopic (exact) mass is 234 g/mol. The lowest BCUT2D eigenvalue weighted by Gasteiger charge is -2.34. The number of hydrogen-bond acceptors (Lipinski definition) is 4. The van der Waals surface area contributed by atoms with Crippen LogP contribution in [-0.4, -0.2) is 41.4 Å². The second kappa shape index (κ2) is 3.63. The molecule has 1 aromatic carbocycles. The van der Waals surface area contributed by atoms with Crippen LogP contribution < -0.4 is 10.2 Å². The Kier molecular flexibility index (Phi) is 2.22. The molecule has 2 aliphatic heterocycles. The molecule has 0 aliphatic carbocycles. The van der Waals surface area contributed by atoms with E-state index in [9.17, 15) is 9.90 Å². The maximum Gasteiger partial charge on any atom is 0.335 e. The summed E-state index contributed by atoms with van der Waals surface area (Å²) >= 11 is 0. The van der Waals surface area contributed by atoms with Gasteiger partial charge in [0.2, 0.25) is 0 Å². The summed E-state index contributed by atoms with van der Waals surface area (Å²) in [6.07, 6.45) is 0.486. The summed E-state index contributed by atoms with van der Waals surface area (Å²) in [7, 11) is 0. The Morgan fingerprint density at radius 2 is 2.29 bits per heavy atom. The van der Waals surface area contributed by atoms with Crippen LogP contribution in [0.4, 0.5) is 11.4 Å². The van der Waals surface area contributed by atoms with Crippen LogP contribution in [0.3, 0.4) is 0 Å². The smallest absolute Gasteiger partial charge is 0.335 e. The summed E-state index contributed by atoms with van der Waals surface area (Å²) < 4.78 is 0. The molecule has 0 radical (unpaired) electrons. The first-order valence-electron chi connectivity index (χ1n) is 5.71. The molecule has 2 aliphatic rings. The van der Waals surface area contributed by atoms with Gasteiger partial charge in [-0.1, -0.05) is 0 Å². The zero-order valence-corrected chi connectivity index (χ0v) is 9.26. The first kappa shape index (κ1) is 10.4. The Balaban J connectivity index is 1.99. The number of aliphatic hydroxyl groups excluding tert-OH is 1. The predicted molar refractivity (Wildman–Crippen MR) is 63.6 cm³/mol. The number of aliphatic hydroxyl groups is 1. The molecule has 1 aromatic rings. The third kappa shape index (κ3) is 1.63. The summed E-state index contributed by atoms with van der Waals surface area (Å²) in [4.78, 5) is 13.0. The number of rotatable bonds is 1. The molecule has 0 spiro atoms. The fraction of sp³-hybridized carbons (Fsp3) is 0.417. The van der Waals surface area contributed by atoms with E-state index < -0.39 is 5.97 Å². The number of fused-ring (bicyclic) bond motifs is 3. The lowest BCUT2D eigenvalue weighted by atomic mass is 10.1. The van der Waals surface area contributed by atoms with Gasteiger partial charge in [-0.3, -0.25) is 0 Å². The third-order valence-corrected chi connectivity index (χ3v) is 3.47. The van der Waals surface area contributed by atoms with Crippen molar-refractivity contribution in [3.63, 3.8) is 0 Å². The van der Waals surface area contributed by atoms with Crippen LogP contribution in [-0.2, 0) is 0 Å². The molecule has 1 fully saturated rings. The van der Waals surface area contributed by atoms with Crippen LogP contribution in [0, 0.1) is 0 Å². The van der Waals surface area contributed by atoms with E-state index in [-0.39, 0.29) is 11.7 Å². The first-order valence-corrected chi connectivity index (χ1v) is 5.71. The number of carboxylic acid groups (broad SMARTS) is 1. The van der Waals surface area contributed by atoms with Crippen LogP contribution in [0.2, 0.25) is 0 Å². The van der Waals surface area contributed by atoms with Gasteiger partial charge in [-0.25, -0.2) is 4.79 Å². The Bertz CT molecular complexity index is 475. The van der Waals surface area contributed by atoms with Crippen LogP contribution in [0.15, 0.2) is 18.2 Å². The van der Waals surface area contributed by atoms with E-state index in [1.54, 1.807) is 12.1 Å². The van der Waals surface area contributed by atoms with Gasteiger partial charge in [0, 0.05) is 19.1 Å². The minimum Gasteiger partial charge on any atom is -0.478 e. The summed E-state index contributed by atoms with van der Waals surface area (Å²) in [6, 6.07) is 5.39. The highest BCUT2D eigenvalue weighted by Crippen LogP contribution is 2.36. The van der Waals surface area contributed by atoms with Gasteiger partial charge in [0.25, 0.3) is 0 Å². The number of anilines is 2. The van der Waals surface area contributed by atoms with E-state index >= 15 is 0 Å². The molecule has 0 bridgehead atoms. The second-order valence-electron chi connectivity index (χ2n) is 4.61. The fourth-order valence-corrected chi connectivity index (χ4v) is 2.67. The Labute approximate surface area is 98.7 Å². The van der Waals surface area contributed by atoms with E-state index in [4.69, 9.17) is 5.11 Å². The number of hydrogen-bond donors (Lipinski definition) is 3. The van der Waals surface area contributed by atoms with Gasteiger partial charge in [0.1, 0.15) is 0 Å². The summed E-state index contributed by atoms with van der Waals surface area (Å²) in [5.41, 5.74) is 2.12. The van der Waals surface area contributed by atoms with Crippen LogP contribution in [0.5, 0.6) is 0 Å². The number of aromatic carboxylic acids is 1. The molecule has 2 heterocycles. The third-order valence-electron chi connectivity index (χ3n) is 3.47. The molecule has 5 heteroatoms. The molecule has 0 aromatic heterocycles. The van der Waals surface area contributed by atoms with Gasteiger partial charge in [-0.15, -0.1) is 0 Å². The van der Waals surface area contributed by atoms with Crippen molar-refractivity contribution in [3.05, 3.63) is 23.8 Å². The molecular weight excluding hydrogens is 220 g/mol. The van der Waals surface area contributed by atoms with Crippen molar-refractivity contribution < 1.29 is 15.0 Å². The number of nitrogens with one attached hydrogen (secondary N) is 1.